The predicted molar refractivity (Wildman–Crippen MR) is 60.3 cm³/mol. The maximum Gasteiger partial charge on any atom is 0.509 e. The highest BCUT2D eigenvalue weighted by atomic mass is 35.5. The van der Waals surface area contributed by atoms with E-state index in [0.29, 0.717) is 5.75 Å². The summed E-state index contributed by atoms with van der Waals surface area (Å²) in [4.78, 5) is 0. The minimum atomic E-state index is -4.94. The molecule has 1 aromatic rings. The lowest BCUT2D eigenvalue weighted by molar-refractivity contribution is 0.352. The molecule has 1 nitrogen and oxygen atoms in total. The second-order valence-electron chi connectivity index (χ2n) is 3.39. The minimum absolute atomic E-state index is 0.264. The van der Waals surface area contributed by atoms with E-state index in [-0.39, 0.29) is 6.61 Å². The molecule has 0 N–H and O–H groups in total. The lowest BCUT2D eigenvalue weighted by Gasteiger charge is -2.15. The molecule has 0 radical (unpaired) electrons. The standard InChI is InChI=1S/C10H10BClF3O/c1-8(6-12)7-16-10-4-2-9(3-5-10)11(13,14)15/h2-6H,7H2,1H3/q-1/b8-6-. The lowest BCUT2D eigenvalue weighted by atomic mass is 9.80. The maximum atomic E-state index is 12.3. The monoisotopic (exact) mass is 249 g/mol. The molecule has 6 heteroatoms. The summed E-state index contributed by atoms with van der Waals surface area (Å²) >= 11 is 5.41. The van der Waals surface area contributed by atoms with Gasteiger partial charge < -0.3 is 17.7 Å². The van der Waals surface area contributed by atoms with Crippen LogP contribution in [0.3, 0.4) is 0 Å². The van der Waals surface area contributed by atoms with E-state index in [4.69, 9.17) is 16.3 Å². The summed E-state index contributed by atoms with van der Waals surface area (Å²) in [5, 5.41) is 0. The van der Waals surface area contributed by atoms with Crippen LogP contribution in [0.25, 0.3) is 0 Å². The zero-order chi connectivity index (χ0) is 12.2. The van der Waals surface area contributed by atoms with Crippen LogP contribution in [0.2, 0.25) is 0 Å². The van der Waals surface area contributed by atoms with Gasteiger partial charge in [-0.2, -0.15) is 0 Å². The van der Waals surface area contributed by atoms with E-state index in [0.717, 1.165) is 17.7 Å². The molecule has 0 spiro atoms. The van der Waals surface area contributed by atoms with Crippen molar-refractivity contribution in [2.24, 2.45) is 0 Å². The van der Waals surface area contributed by atoms with Crippen molar-refractivity contribution in [1.82, 2.24) is 0 Å². The Morgan fingerprint density at radius 1 is 1.31 bits per heavy atom. The van der Waals surface area contributed by atoms with E-state index >= 15 is 0 Å². The van der Waals surface area contributed by atoms with Crippen molar-refractivity contribution in [2.45, 2.75) is 6.92 Å². The van der Waals surface area contributed by atoms with Crippen molar-refractivity contribution in [1.29, 1.82) is 0 Å². The van der Waals surface area contributed by atoms with Crippen LogP contribution in [0.15, 0.2) is 35.4 Å². The second kappa shape index (κ2) is 5.30. The molecule has 0 saturated carbocycles. The third-order valence-electron chi connectivity index (χ3n) is 1.91. The summed E-state index contributed by atoms with van der Waals surface area (Å²) in [7, 11) is 0. The van der Waals surface area contributed by atoms with E-state index in [2.05, 4.69) is 0 Å². The first kappa shape index (κ1) is 13.0. The number of hydrogen-bond acceptors (Lipinski definition) is 1. The number of hydrogen-bond donors (Lipinski definition) is 0. The van der Waals surface area contributed by atoms with Gasteiger partial charge in [0.25, 0.3) is 0 Å². The molecule has 16 heavy (non-hydrogen) atoms. The van der Waals surface area contributed by atoms with Gasteiger partial charge in [-0.25, -0.2) is 0 Å². The lowest BCUT2D eigenvalue weighted by Crippen LogP contribution is -2.33. The molecular formula is C10H10BClF3O-. The van der Waals surface area contributed by atoms with Crippen LogP contribution in [0.5, 0.6) is 5.75 Å². The van der Waals surface area contributed by atoms with Gasteiger partial charge in [0.05, 0.1) is 0 Å². The Morgan fingerprint density at radius 3 is 2.31 bits per heavy atom. The van der Waals surface area contributed by atoms with Crippen molar-refractivity contribution in [3.05, 3.63) is 35.4 Å². The molecule has 0 aliphatic heterocycles. The Hall–Kier alpha value is -1.10. The fourth-order valence-corrected chi connectivity index (χ4v) is 1.07. The van der Waals surface area contributed by atoms with Gasteiger partial charge in [0.2, 0.25) is 0 Å². The predicted octanol–water partition coefficient (Wildman–Crippen LogP) is 3.26. The average Bonchev–Trinajstić information content (AvgIpc) is 2.25. The number of benzene rings is 1. The van der Waals surface area contributed by atoms with Crippen molar-refractivity contribution in [3.63, 3.8) is 0 Å². The highest BCUT2D eigenvalue weighted by molar-refractivity contribution is 6.73. The van der Waals surface area contributed by atoms with Gasteiger partial charge in [-0.3, -0.25) is 0 Å². The van der Waals surface area contributed by atoms with Crippen molar-refractivity contribution in [3.8, 4) is 5.75 Å². The Kier molecular flexibility index (Phi) is 4.30. The quantitative estimate of drug-likeness (QED) is 0.744. The SMILES string of the molecule is C/C(=C/Cl)COc1ccc([B-](F)(F)F)cc1. The topological polar surface area (TPSA) is 9.23 Å². The minimum Gasteiger partial charge on any atom is -0.489 e. The fraction of sp³-hybridized carbons (Fsp3) is 0.200. The number of rotatable bonds is 4. The Morgan fingerprint density at radius 2 is 1.88 bits per heavy atom. The van der Waals surface area contributed by atoms with E-state index in [1.165, 1.54) is 17.7 Å². The van der Waals surface area contributed by atoms with Gasteiger partial charge in [0.1, 0.15) is 12.4 Å². The first-order valence-corrected chi connectivity index (χ1v) is 5.05. The van der Waals surface area contributed by atoms with Crippen LogP contribution < -0.4 is 10.2 Å². The van der Waals surface area contributed by atoms with E-state index in [9.17, 15) is 12.9 Å². The van der Waals surface area contributed by atoms with Crippen LogP contribution in [-0.4, -0.2) is 13.6 Å². The van der Waals surface area contributed by atoms with Gasteiger partial charge in [-0.1, -0.05) is 23.7 Å². The normalized spacial score (nSPS) is 12.7. The second-order valence-corrected chi connectivity index (χ2v) is 3.61. The maximum absolute atomic E-state index is 12.3. The van der Waals surface area contributed by atoms with E-state index in [1.807, 2.05) is 0 Å². The fourth-order valence-electron chi connectivity index (χ4n) is 1.01. The molecule has 0 saturated heterocycles. The summed E-state index contributed by atoms with van der Waals surface area (Å²) in [5.74, 6) is 0.390. The summed E-state index contributed by atoms with van der Waals surface area (Å²) in [5.41, 5.74) is 1.54. The molecule has 88 valence electrons. The molecule has 0 amide bonds. The van der Waals surface area contributed by atoms with Crippen LogP contribution in [-0.2, 0) is 0 Å². The number of halogens is 4. The van der Waals surface area contributed by atoms with Gasteiger partial charge in [-0.05, 0) is 24.6 Å². The molecule has 0 fully saturated rings. The summed E-state index contributed by atoms with van der Waals surface area (Å²) in [6, 6.07) is 4.61. The molecule has 0 aliphatic carbocycles. The third-order valence-corrected chi connectivity index (χ3v) is 2.28. The van der Waals surface area contributed by atoms with E-state index in [1.54, 1.807) is 6.92 Å². The Labute approximate surface area is 96.9 Å². The van der Waals surface area contributed by atoms with E-state index < -0.39 is 12.4 Å². The molecule has 0 aromatic heterocycles. The van der Waals surface area contributed by atoms with Gasteiger partial charge >= 0.3 is 6.98 Å². The molecule has 0 aliphatic rings. The highest BCUT2D eigenvalue weighted by Crippen LogP contribution is 2.14. The molecule has 0 heterocycles. The van der Waals surface area contributed by atoms with Crippen molar-refractivity contribution >= 4 is 24.0 Å². The highest BCUT2D eigenvalue weighted by Gasteiger charge is 2.24. The van der Waals surface area contributed by atoms with Crippen molar-refractivity contribution < 1.29 is 17.7 Å². The van der Waals surface area contributed by atoms with Crippen molar-refractivity contribution in [2.75, 3.05) is 6.61 Å². The summed E-state index contributed by atoms with van der Waals surface area (Å²) < 4.78 is 42.1. The first-order chi connectivity index (χ1) is 7.43. The average molecular weight is 249 g/mol. The Bertz CT molecular complexity index is 373. The molecule has 0 atom stereocenters. The zero-order valence-electron chi connectivity index (χ0n) is 8.59. The molecule has 0 unspecified atom stereocenters. The van der Waals surface area contributed by atoms with Crippen LogP contribution in [0.1, 0.15) is 6.92 Å². The van der Waals surface area contributed by atoms with Gasteiger partial charge in [0.15, 0.2) is 0 Å². The number of ether oxygens (including phenoxy) is 1. The molecule has 1 rings (SSSR count). The first-order valence-electron chi connectivity index (χ1n) is 4.62. The van der Waals surface area contributed by atoms with Gasteiger partial charge in [-0.15, -0.1) is 5.46 Å². The summed E-state index contributed by atoms with van der Waals surface area (Å²) in [6.45, 7) is -2.91. The van der Waals surface area contributed by atoms with Gasteiger partial charge in [0, 0.05) is 5.54 Å². The van der Waals surface area contributed by atoms with Crippen LogP contribution >= 0.6 is 11.6 Å². The smallest absolute Gasteiger partial charge is 0.489 e. The molecular weight excluding hydrogens is 239 g/mol. The third kappa shape index (κ3) is 3.81. The molecule has 1 aromatic carbocycles. The summed E-state index contributed by atoms with van der Waals surface area (Å²) in [6.07, 6.45) is 0. The Balaban J connectivity index is 2.65. The largest absolute Gasteiger partial charge is 0.509 e. The van der Waals surface area contributed by atoms with Crippen LogP contribution in [0.4, 0.5) is 12.9 Å². The molecule has 0 bridgehead atoms. The van der Waals surface area contributed by atoms with Crippen LogP contribution in [0, 0.1) is 0 Å². The zero-order valence-corrected chi connectivity index (χ0v) is 9.35.